The molecule has 1 atom stereocenters. The summed E-state index contributed by atoms with van der Waals surface area (Å²) in [5.41, 5.74) is 0. The van der Waals surface area contributed by atoms with Gasteiger partial charge in [0.05, 0.1) is 0 Å². The van der Waals surface area contributed by atoms with Gasteiger partial charge in [0.15, 0.2) is 6.10 Å². The van der Waals surface area contributed by atoms with Gasteiger partial charge in [-0.3, -0.25) is 14.4 Å². The molecule has 0 unspecified atom stereocenters. The fourth-order valence-electron chi connectivity index (χ4n) is 5.44. The Morgan fingerprint density at radius 1 is 0.364 bits per heavy atom. The van der Waals surface area contributed by atoms with Gasteiger partial charge >= 0.3 is 17.9 Å². The first-order valence-electron chi connectivity index (χ1n) is 19.0. The molecular formula is C38H72O6. The summed E-state index contributed by atoms with van der Waals surface area (Å²) >= 11 is 0. The number of carbonyl (C=O) groups excluding carboxylic acids is 3. The highest BCUT2D eigenvalue weighted by molar-refractivity contribution is 5.71. The lowest BCUT2D eigenvalue weighted by molar-refractivity contribution is -0.167. The number of hydrogen-bond donors (Lipinski definition) is 0. The molecule has 0 heterocycles. The molecule has 44 heavy (non-hydrogen) atoms. The van der Waals surface area contributed by atoms with E-state index in [0.29, 0.717) is 19.3 Å². The molecule has 6 heteroatoms. The van der Waals surface area contributed by atoms with Gasteiger partial charge < -0.3 is 14.2 Å². The molecule has 0 bridgehead atoms. The molecular weight excluding hydrogens is 552 g/mol. The predicted octanol–water partition coefficient (Wildman–Crippen LogP) is 11.4. The summed E-state index contributed by atoms with van der Waals surface area (Å²) in [7, 11) is 0. The molecule has 0 radical (unpaired) electrons. The van der Waals surface area contributed by atoms with Gasteiger partial charge in [0.1, 0.15) is 13.2 Å². The topological polar surface area (TPSA) is 78.9 Å². The van der Waals surface area contributed by atoms with E-state index < -0.39 is 6.10 Å². The Morgan fingerprint density at radius 3 is 0.909 bits per heavy atom. The fourth-order valence-corrected chi connectivity index (χ4v) is 5.44. The zero-order valence-corrected chi connectivity index (χ0v) is 29.4. The minimum Gasteiger partial charge on any atom is -0.462 e. The predicted molar refractivity (Wildman–Crippen MR) is 183 cm³/mol. The first-order valence-corrected chi connectivity index (χ1v) is 19.0. The van der Waals surface area contributed by atoms with Gasteiger partial charge in [-0.15, -0.1) is 0 Å². The third-order valence-electron chi connectivity index (χ3n) is 8.36. The van der Waals surface area contributed by atoms with Crippen molar-refractivity contribution in [2.75, 3.05) is 13.2 Å². The van der Waals surface area contributed by atoms with Crippen LogP contribution in [0.3, 0.4) is 0 Å². The van der Waals surface area contributed by atoms with Gasteiger partial charge in [0.25, 0.3) is 0 Å². The molecule has 0 amide bonds. The van der Waals surface area contributed by atoms with E-state index in [-0.39, 0.29) is 31.1 Å². The molecule has 0 aliphatic heterocycles. The highest BCUT2D eigenvalue weighted by atomic mass is 16.6. The SMILES string of the molecule is CCCCCCCCCCCCCCCCC(=O)OC[C@H](COC(=O)CCCCCCC)OC(=O)CCCCCCCCC. The summed E-state index contributed by atoms with van der Waals surface area (Å²) in [6, 6.07) is 0. The average Bonchev–Trinajstić information content (AvgIpc) is 3.02. The normalized spacial score (nSPS) is 11.8. The summed E-state index contributed by atoms with van der Waals surface area (Å²) in [6.45, 7) is 6.50. The van der Waals surface area contributed by atoms with E-state index >= 15 is 0 Å². The van der Waals surface area contributed by atoms with E-state index in [9.17, 15) is 14.4 Å². The Morgan fingerprint density at radius 2 is 0.614 bits per heavy atom. The van der Waals surface area contributed by atoms with Crippen molar-refractivity contribution < 1.29 is 28.6 Å². The highest BCUT2D eigenvalue weighted by Gasteiger charge is 2.19. The largest absolute Gasteiger partial charge is 0.462 e. The number of ether oxygens (including phenoxy) is 3. The van der Waals surface area contributed by atoms with E-state index in [4.69, 9.17) is 14.2 Å². The van der Waals surface area contributed by atoms with Gasteiger partial charge in [-0.2, -0.15) is 0 Å². The number of esters is 3. The monoisotopic (exact) mass is 625 g/mol. The smallest absolute Gasteiger partial charge is 0.306 e. The van der Waals surface area contributed by atoms with Crippen molar-refractivity contribution in [3.63, 3.8) is 0 Å². The van der Waals surface area contributed by atoms with Crippen LogP contribution in [0.2, 0.25) is 0 Å². The Labute approximate surface area is 272 Å². The summed E-state index contributed by atoms with van der Waals surface area (Å²) in [5.74, 6) is -0.884. The van der Waals surface area contributed by atoms with Crippen LogP contribution in [-0.4, -0.2) is 37.2 Å². The van der Waals surface area contributed by atoms with Crippen molar-refractivity contribution in [2.24, 2.45) is 0 Å². The number of hydrogen-bond acceptors (Lipinski definition) is 6. The molecule has 0 aromatic carbocycles. The molecule has 0 aromatic rings. The lowest BCUT2D eigenvalue weighted by atomic mass is 10.0. The van der Waals surface area contributed by atoms with Gasteiger partial charge in [-0.25, -0.2) is 0 Å². The fraction of sp³-hybridized carbons (Fsp3) is 0.921. The van der Waals surface area contributed by atoms with Gasteiger partial charge in [0.2, 0.25) is 0 Å². The number of unbranched alkanes of at least 4 members (excludes halogenated alkanes) is 23. The third kappa shape index (κ3) is 31.8. The molecule has 0 spiro atoms. The standard InChI is InChI=1S/C38H72O6/c1-4-7-10-13-15-16-17-18-19-20-21-23-25-28-31-37(40)43-34-35(33-42-36(39)30-27-24-12-9-6-3)44-38(41)32-29-26-22-14-11-8-5-2/h35H,4-34H2,1-3H3/t35-/m0/s1. The molecule has 0 saturated heterocycles. The van der Waals surface area contributed by atoms with Crippen LogP contribution in [0.25, 0.3) is 0 Å². The highest BCUT2D eigenvalue weighted by Crippen LogP contribution is 2.14. The maximum absolute atomic E-state index is 12.5. The van der Waals surface area contributed by atoms with E-state index in [0.717, 1.165) is 64.2 Å². The van der Waals surface area contributed by atoms with Crippen molar-refractivity contribution >= 4 is 17.9 Å². The van der Waals surface area contributed by atoms with Crippen LogP contribution in [0.15, 0.2) is 0 Å². The second-order valence-electron chi connectivity index (χ2n) is 12.9. The maximum atomic E-state index is 12.5. The number of rotatable bonds is 34. The van der Waals surface area contributed by atoms with Crippen LogP contribution >= 0.6 is 0 Å². The first-order chi connectivity index (χ1) is 21.5. The maximum Gasteiger partial charge on any atom is 0.306 e. The Bertz CT molecular complexity index is 649. The van der Waals surface area contributed by atoms with E-state index in [1.807, 2.05) is 0 Å². The summed E-state index contributed by atoms with van der Waals surface area (Å²) in [4.78, 5) is 37.0. The zero-order valence-electron chi connectivity index (χ0n) is 29.4. The van der Waals surface area contributed by atoms with Crippen molar-refractivity contribution in [1.82, 2.24) is 0 Å². The molecule has 6 nitrogen and oxygen atoms in total. The summed E-state index contributed by atoms with van der Waals surface area (Å²) < 4.78 is 16.4. The first kappa shape index (κ1) is 42.4. The van der Waals surface area contributed by atoms with Crippen LogP contribution in [0.4, 0.5) is 0 Å². The molecule has 260 valence electrons. The number of carbonyl (C=O) groups is 3. The van der Waals surface area contributed by atoms with Crippen molar-refractivity contribution in [3.05, 3.63) is 0 Å². The molecule has 0 saturated carbocycles. The second kappa shape index (κ2) is 34.3. The molecule has 0 N–H and O–H groups in total. The molecule has 0 rings (SSSR count). The zero-order chi connectivity index (χ0) is 32.4. The Hall–Kier alpha value is -1.59. The van der Waals surface area contributed by atoms with Crippen molar-refractivity contribution in [2.45, 2.75) is 213 Å². The van der Waals surface area contributed by atoms with E-state index in [2.05, 4.69) is 20.8 Å². The third-order valence-corrected chi connectivity index (χ3v) is 8.36. The average molecular weight is 625 g/mol. The Kier molecular flexibility index (Phi) is 33.0. The summed E-state index contributed by atoms with van der Waals surface area (Å²) in [5, 5.41) is 0. The quantitative estimate of drug-likeness (QED) is 0.0402. The molecule has 0 aliphatic carbocycles. The van der Waals surface area contributed by atoms with Crippen molar-refractivity contribution in [1.29, 1.82) is 0 Å². The second-order valence-corrected chi connectivity index (χ2v) is 12.9. The molecule has 0 fully saturated rings. The molecule has 0 aliphatic rings. The van der Waals surface area contributed by atoms with Crippen LogP contribution in [0.5, 0.6) is 0 Å². The molecule has 0 aromatic heterocycles. The lowest BCUT2D eigenvalue weighted by Gasteiger charge is -2.18. The minimum absolute atomic E-state index is 0.0655. The summed E-state index contributed by atoms with van der Waals surface area (Å²) in [6.07, 6.45) is 31.2. The van der Waals surface area contributed by atoms with E-state index in [1.165, 1.54) is 103 Å². The van der Waals surface area contributed by atoms with E-state index in [1.54, 1.807) is 0 Å². The van der Waals surface area contributed by atoms with Gasteiger partial charge in [-0.1, -0.05) is 168 Å². The van der Waals surface area contributed by atoms with Crippen LogP contribution in [0, 0.1) is 0 Å². The van der Waals surface area contributed by atoms with Crippen LogP contribution in [0.1, 0.15) is 207 Å². The van der Waals surface area contributed by atoms with Gasteiger partial charge in [0, 0.05) is 19.3 Å². The van der Waals surface area contributed by atoms with Crippen LogP contribution < -0.4 is 0 Å². The lowest BCUT2D eigenvalue weighted by Crippen LogP contribution is -2.30. The van der Waals surface area contributed by atoms with Gasteiger partial charge in [-0.05, 0) is 19.3 Å². The minimum atomic E-state index is -0.753. The van der Waals surface area contributed by atoms with Crippen molar-refractivity contribution in [3.8, 4) is 0 Å². The van der Waals surface area contributed by atoms with Crippen LogP contribution in [-0.2, 0) is 28.6 Å². The Balaban J connectivity index is 4.18.